The number of aromatic amines is 1. The summed E-state index contributed by atoms with van der Waals surface area (Å²) < 4.78 is 5.16. The normalized spacial score (nSPS) is 26.5. The SMILES string of the molecule is Cc1cc(C2C3CN(C(=O)c4cc(C(C)C)[nH]n4)CC32)no1. The molecule has 2 aromatic heterocycles. The van der Waals surface area contributed by atoms with Gasteiger partial charge in [-0.2, -0.15) is 5.10 Å². The first-order valence-corrected chi connectivity index (χ1v) is 7.82. The highest BCUT2D eigenvalue weighted by atomic mass is 16.5. The van der Waals surface area contributed by atoms with Crippen molar-refractivity contribution in [3.63, 3.8) is 0 Å². The van der Waals surface area contributed by atoms with Crippen LogP contribution in [-0.4, -0.2) is 39.3 Å². The Bertz CT molecular complexity index is 705. The Kier molecular flexibility index (Phi) is 2.89. The number of carbonyl (C=O) groups excluding carboxylic acids is 1. The van der Waals surface area contributed by atoms with Gasteiger partial charge < -0.3 is 9.42 Å². The molecule has 1 amide bonds. The van der Waals surface area contributed by atoms with Gasteiger partial charge in [0.15, 0.2) is 0 Å². The number of nitrogens with one attached hydrogen (secondary N) is 1. The van der Waals surface area contributed by atoms with Gasteiger partial charge in [-0.25, -0.2) is 0 Å². The van der Waals surface area contributed by atoms with Crippen molar-refractivity contribution in [1.82, 2.24) is 20.3 Å². The highest BCUT2D eigenvalue weighted by molar-refractivity contribution is 5.92. The van der Waals surface area contributed by atoms with Crippen LogP contribution in [0.2, 0.25) is 0 Å². The van der Waals surface area contributed by atoms with E-state index in [2.05, 4.69) is 29.2 Å². The van der Waals surface area contributed by atoms with Crippen molar-refractivity contribution in [2.75, 3.05) is 13.1 Å². The lowest BCUT2D eigenvalue weighted by atomic mass is 10.1. The number of hydrogen-bond donors (Lipinski definition) is 1. The topological polar surface area (TPSA) is 75.0 Å². The average molecular weight is 300 g/mol. The number of likely N-dealkylation sites (tertiary alicyclic amines) is 1. The van der Waals surface area contributed by atoms with Gasteiger partial charge in [-0.3, -0.25) is 9.89 Å². The van der Waals surface area contributed by atoms with Crippen molar-refractivity contribution in [2.45, 2.75) is 32.6 Å². The van der Waals surface area contributed by atoms with Gasteiger partial charge in [0.25, 0.3) is 5.91 Å². The largest absolute Gasteiger partial charge is 0.361 e. The first kappa shape index (κ1) is 13.5. The van der Waals surface area contributed by atoms with E-state index in [0.29, 0.717) is 29.4 Å². The monoisotopic (exact) mass is 300 g/mol. The molecule has 2 aromatic rings. The first-order valence-electron chi connectivity index (χ1n) is 7.82. The molecule has 2 atom stereocenters. The van der Waals surface area contributed by atoms with Crippen LogP contribution in [0.5, 0.6) is 0 Å². The van der Waals surface area contributed by atoms with E-state index in [1.54, 1.807) is 0 Å². The van der Waals surface area contributed by atoms with Gasteiger partial charge in [-0.1, -0.05) is 19.0 Å². The van der Waals surface area contributed by atoms with Gasteiger partial charge in [-0.05, 0) is 30.7 Å². The number of rotatable bonds is 3. The summed E-state index contributed by atoms with van der Waals surface area (Å²) >= 11 is 0. The van der Waals surface area contributed by atoms with Crippen LogP contribution in [0, 0.1) is 18.8 Å². The fourth-order valence-electron chi connectivity index (χ4n) is 3.58. The smallest absolute Gasteiger partial charge is 0.274 e. The van der Waals surface area contributed by atoms with E-state index in [9.17, 15) is 4.79 Å². The molecule has 1 aliphatic carbocycles. The second kappa shape index (κ2) is 4.69. The summed E-state index contributed by atoms with van der Waals surface area (Å²) in [5, 5.41) is 11.2. The zero-order valence-corrected chi connectivity index (χ0v) is 13.0. The van der Waals surface area contributed by atoms with Crippen LogP contribution >= 0.6 is 0 Å². The summed E-state index contributed by atoms with van der Waals surface area (Å²) in [7, 11) is 0. The summed E-state index contributed by atoms with van der Waals surface area (Å²) in [6.45, 7) is 7.66. The zero-order chi connectivity index (χ0) is 15.4. The van der Waals surface area contributed by atoms with Gasteiger partial charge in [0, 0.05) is 30.8 Å². The Morgan fingerprint density at radius 2 is 2.09 bits per heavy atom. The zero-order valence-electron chi connectivity index (χ0n) is 13.0. The molecule has 0 bridgehead atoms. The molecule has 1 saturated carbocycles. The van der Waals surface area contributed by atoms with Gasteiger partial charge in [-0.15, -0.1) is 0 Å². The maximum atomic E-state index is 12.5. The Hall–Kier alpha value is -2.11. The number of aryl methyl sites for hydroxylation is 1. The summed E-state index contributed by atoms with van der Waals surface area (Å²) in [4.78, 5) is 14.4. The van der Waals surface area contributed by atoms with Crippen LogP contribution in [0.3, 0.4) is 0 Å². The van der Waals surface area contributed by atoms with E-state index in [1.807, 2.05) is 24.0 Å². The maximum absolute atomic E-state index is 12.5. The molecule has 116 valence electrons. The number of piperidine rings is 1. The predicted octanol–water partition coefficient (Wildman–Crippen LogP) is 2.32. The molecule has 0 spiro atoms. The minimum absolute atomic E-state index is 0.0328. The van der Waals surface area contributed by atoms with E-state index in [0.717, 1.165) is 30.2 Å². The van der Waals surface area contributed by atoms with Crippen molar-refractivity contribution in [1.29, 1.82) is 0 Å². The molecule has 2 aliphatic rings. The molecule has 1 N–H and O–H groups in total. The lowest BCUT2D eigenvalue weighted by Crippen LogP contribution is -2.31. The highest BCUT2D eigenvalue weighted by Crippen LogP contribution is 2.57. The van der Waals surface area contributed by atoms with Gasteiger partial charge in [0.05, 0.1) is 5.69 Å². The van der Waals surface area contributed by atoms with Crippen molar-refractivity contribution >= 4 is 5.91 Å². The van der Waals surface area contributed by atoms with Gasteiger partial charge >= 0.3 is 0 Å². The van der Waals surface area contributed by atoms with Crippen LogP contribution in [0.4, 0.5) is 0 Å². The molecule has 6 heteroatoms. The van der Waals surface area contributed by atoms with E-state index in [-0.39, 0.29) is 5.91 Å². The minimum atomic E-state index is 0.0328. The lowest BCUT2D eigenvalue weighted by Gasteiger charge is -2.18. The molecular weight excluding hydrogens is 280 g/mol. The summed E-state index contributed by atoms with van der Waals surface area (Å²) in [5.74, 6) is 2.75. The van der Waals surface area contributed by atoms with E-state index in [1.165, 1.54) is 0 Å². The standard InChI is InChI=1S/C16H20N4O2/c1-8(2)12-5-14(18-17-12)16(21)20-6-10-11(7-20)15(10)13-4-9(3)22-19-13/h4-5,8,10-11,15H,6-7H2,1-3H3,(H,17,18). The molecule has 2 fully saturated rings. The fourth-order valence-corrected chi connectivity index (χ4v) is 3.58. The molecule has 4 rings (SSSR count). The molecule has 1 aliphatic heterocycles. The van der Waals surface area contributed by atoms with Crippen molar-refractivity contribution in [3.05, 3.63) is 35.0 Å². The lowest BCUT2D eigenvalue weighted by molar-refractivity contribution is 0.0766. The summed E-state index contributed by atoms with van der Waals surface area (Å²) in [6, 6.07) is 3.88. The Morgan fingerprint density at radius 3 is 2.64 bits per heavy atom. The molecule has 1 saturated heterocycles. The quantitative estimate of drug-likeness (QED) is 0.944. The number of amides is 1. The maximum Gasteiger partial charge on any atom is 0.274 e. The molecular formula is C16H20N4O2. The van der Waals surface area contributed by atoms with Crippen LogP contribution in [0.25, 0.3) is 0 Å². The third kappa shape index (κ3) is 2.05. The van der Waals surface area contributed by atoms with Crippen LogP contribution in [0.1, 0.15) is 53.3 Å². The third-order valence-corrected chi connectivity index (χ3v) is 4.91. The Balaban J connectivity index is 1.42. The van der Waals surface area contributed by atoms with E-state index in [4.69, 9.17) is 4.52 Å². The number of fused-ring (bicyclic) bond motifs is 1. The summed E-state index contributed by atoms with van der Waals surface area (Å²) in [5.41, 5.74) is 2.57. The Labute approximate surface area is 128 Å². The molecule has 2 unspecified atom stereocenters. The van der Waals surface area contributed by atoms with E-state index < -0.39 is 0 Å². The minimum Gasteiger partial charge on any atom is -0.361 e. The molecule has 3 heterocycles. The number of hydrogen-bond acceptors (Lipinski definition) is 4. The van der Waals surface area contributed by atoms with E-state index >= 15 is 0 Å². The highest BCUT2D eigenvalue weighted by Gasteiger charge is 2.58. The molecule has 22 heavy (non-hydrogen) atoms. The second-order valence-electron chi connectivity index (χ2n) is 6.79. The predicted molar refractivity (Wildman–Crippen MR) is 79.5 cm³/mol. The summed E-state index contributed by atoms with van der Waals surface area (Å²) in [6.07, 6.45) is 0. The van der Waals surface area contributed by atoms with Gasteiger partial charge in [0.1, 0.15) is 11.5 Å². The molecule has 0 aromatic carbocycles. The van der Waals surface area contributed by atoms with Gasteiger partial charge in [0.2, 0.25) is 0 Å². The van der Waals surface area contributed by atoms with Crippen molar-refractivity contribution in [2.24, 2.45) is 11.8 Å². The van der Waals surface area contributed by atoms with Crippen molar-refractivity contribution in [3.8, 4) is 0 Å². The van der Waals surface area contributed by atoms with Crippen molar-refractivity contribution < 1.29 is 9.32 Å². The number of aromatic nitrogens is 3. The third-order valence-electron chi connectivity index (χ3n) is 4.91. The second-order valence-corrected chi connectivity index (χ2v) is 6.79. The van der Waals surface area contributed by atoms with Crippen LogP contribution < -0.4 is 0 Å². The first-order chi connectivity index (χ1) is 10.5. The van der Waals surface area contributed by atoms with Crippen LogP contribution in [-0.2, 0) is 0 Å². The number of carbonyl (C=O) groups is 1. The van der Waals surface area contributed by atoms with Crippen LogP contribution in [0.15, 0.2) is 16.7 Å². The Morgan fingerprint density at radius 1 is 1.36 bits per heavy atom. The fraction of sp³-hybridized carbons (Fsp3) is 0.562. The number of nitrogens with zero attached hydrogens (tertiary/aromatic N) is 3. The average Bonchev–Trinajstić information content (AvgIpc) is 2.97. The number of H-pyrrole nitrogens is 1. The molecule has 0 radical (unpaired) electrons. The molecule has 6 nitrogen and oxygen atoms in total.